The van der Waals surface area contributed by atoms with Crippen LogP contribution in [-0.4, -0.2) is 34.7 Å². The summed E-state index contributed by atoms with van der Waals surface area (Å²) >= 11 is 1.66. The van der Waals surface area contributed by atoms with Crippen molar-refractivity contribution in [2.24, 2.45) is 5.73 Å². The summed E-state index contributed by atoms with van der Waals surface area (Å²) in [6.45, 7) is 2.33. The van der Waals surface area contributed by atoms with Crippen molar-refractivity contribution >= 4 is 51.5 Å². The van der Waals surface area contributed by atoms with Crippen molar-refractivity contribution in [2.75, 3.05) is 11.9 Å². The Labute approximate surface area is 177 Å². The van der Waals surface area contributed by atoms with Gasteiger partial charge in [0.05, 0.1) is 13.1 Å². The summed E-state index contributed by atoms with van der Waals surface area (Å²) in [6, 6.07) is 9.63. The second-order valence-electron chi connectivity index (χ2n) is 7.11. The third-order valence-corrected chi connectivity index (χ3v) is 6.38. The fourth-order valence-electron chi connectivity index (χ4n) is 3.51. The Kier molecular flexibility index (Phi) is 5.33. The lowest BCUT2D eigenvalue weighted by molar-refractivity contribution is -0.114. The van der Waals surface area contributed by atoms with Crippen LogP contribution in [0.15, 0.2) is 42.1 Å². The number of primary amides is 1. The lowest BCUT2D eigenvalue weighted by Crippen LogP contribution is -2.40. The fraction of sp³-hybridized carbons (Fsp3) is 0.182. The standard InChI is InChI=1S/C22H20N4O3S/c1-13-17-4-2-3-5-18(17)30-19(13)10-15(20(23)28)8-14-9-16-12-26(6-7-27)22(29)25-21(16)24-11-14/h2-5,7-9,11H,6,10,12H2,1H3,(H2,23,28)(H,24,25,29). The molecule has 0 unspecified atom stereocenters. The van der Waals surface area contributed by atoms with Crippen LogP contribution < -0.4 is 11.1 Å². The number of hydrogen-bond acceptors (Lipinski definition) is 5. The van der Waals surface area contributed by atoms with Crippen molar-refractivity contribution in [1.82, 2.24) is 9.88 Å². The molecule has 3 N–H and O–H groups in total. The lowest BCUT2D eigenvalue weighted by atomic mass is 10.0. The number of nitrogens with zero attached hydrogens (tertiary/aromatic N) is 2. The molecule has 0 bridgehead atoms. The summed E-state index contributed by atoms with van der Waals surface area (Å²) in [4.78, 5) is 41.7. The Bertz CT molecular complexity index is 1200. The molecule has 3 aromatic rings. The van der Waals surface area contributed by atoms with Crippen molar-refractivity contribution in [3.8, 4) is 0 Å². The maximum atomic E-state index is 12.1. The van der Waals surface area contributed by atoms with Gasteiger partial charge < -0.3 is 15.4 Å². The minimum absolute atomic E-state index is 0.00307. The first kappa shape index (κ1) is 19.8. The molecule has 2 aromatic heterocycles. The minimum Gasteiger partial charge on any atom is -0.366 e. The van der Waals surface area contributed by atoms with E-state index in [4.69, 9.17) is 5.73 Å². The van der Waals surface area contributed by atoms with E-state index >= 15 is 0 Å². The number of fused-ring (bicyclic) bond motifs is 2. The van der Waals surface area contributed by atoms with Crippen molar-refractivity contribution in [1.29, 1.82) is 0 Å². The van der Waals surface area contributed by atoms with Gasteiger partial charge >= 0.3 is 6.03 Å². The molecule has 3 amide bonds. The first-order chi connectivity index (χ1) is 14.5. The Morgan fingerprint density at radius 3 is 2.90 bits per heavy atom. The van der Waals surface area contributed by atoms with Crippen LogP contribution >= 0.6 is 11.3 Å². The molecule has 30 heavy (non-hydrogen) atoms. The average molecular weight is 420 g/mol. The summed E-state index contributed by atoms with van der Waals surface area (Å²) in [5.41, 5.74) is 8.78. The van der Waals surface area contributed by atoms with Crippen LogP contribution in [0.1, 0.15) is 21.6 Å². The molecule has 0 fully saturated rings. The van der Waals surface area contributed by atoms with E-state index in [0.29, 0.717) is 29.7 Å². The number of rotatable bonds is 6. The van der Waals surface area contributed by atoms with Gasteiger partial charge in [-0.15, -0.1) is 11.3 Å². The molecule has 3 heterocycles. The summed E-state index contributed by atoms with van der Waals surface area (Å²) in [6.07, 6.45) is 4.45. The fourth-order valence-corrected chi connectivity index (χ4v) is 4.75. The van der Waals surface area contributed by atoms with Crippen molar-refractivity contribution < 1.29 is 14.4 Å². The van der Waals surface area contributed by atoms with E-state index in [2.05, 4.69) is 29.4 Å². The van der Waals surface area contributed by atoms with E-state index < -0.39 is 5.91 Å². The first-order valence-electron chi connectivity index (χ1n) is 9.42. The maximum absolute atomic E-state index is 12.1. The van der Waals surface area contributed by atoms with Crippen molar-refractivity contribution in [3.05, 3.63) is 63.7 Å². The molecule has 0 aliphatic carbocycles. The zero-order valence-electron chi connectivity index (χ0n) is 16.3. The van der Waals surface area contributed by atoms with Gasteiger partial charge in [0.2, 0.25) is 5.91 Å². The molecule has 1 aromatic carbocycles. The number of hydrogen-bond donors (Lipinski definition) is 2. The number of carbonyl (C=O) groups excluding carboxylic acids is 3. The number of aromatic nitrogens is 1. The smallest absolute Gasteiger partial charge is 0.323 e. The van der Waals surface area contributed by atoms with Crippen LogP contribution in [0, 0.1) is 6.92 Å². The van der Waals surface area contributed by atoms with Crippen LogP contribution in [0.5, 0.6) is 0 Å². The number of pyridine rings is 1. The molecular weight excluding hydrogens is 400 g/mol. The monoisotopic (exact) mass is 420 g/mol. The number of aryl methyl sites for hydroxylation is 1. The average Bonchev–Trinajstić information content (AvgIpc) is 3.04. The number of aldehydes is 1. The molecule has 1 aliphatic rings. The molecule has 0 saturated heterocycles. The van der Waals surface area contributed by atoms with Crippen LogP contribution in [0.4, 0.5) is 10.6 Å². The minimum atomic E-state index is -0.486. The molecular formula is C22H20N4O3S. The molecule has 0 spiro atoms. The number of thiophene rings is 1. The third kappa shape index (κ3) is 3.81. The number of urea groups is 1. The molecule has 0 radical (unpaired) electrons. The van der Waals surface area contributed by atoms with Crippen LogP contribution in [0.3, 0.4) is 0 Å². The maximum Gasteiger partial charge on any atom is 0.323 e. The van der Waals surface area contributed by atoms with Gasteiger partial charge in [0, 0.05) is 33.3 Å². The normalized spacial score (nSPS) is 13.8. The Morgan fingerprint density at radius 2 is 2.17 bits per heavy atom. The van der Waals surface area contributed by atoms with E-state index in [1.165, 1.54) is 15.0 Å². The number of carbonyl (C=O) groups is 3. The molecule has 1 aliphatic heterocycles. The predicted octanol–water partition coefficient (Wildman–Crippen LogP) is 3.26. The summed E-state index contributed by atoms with van der Waals surface area (Å²) in [5, 5.41) is 3.85. The van der Waals surface area contributed by atoms with Gasteiger partial charge in [0.25, 0.3) is 0 Å². The predicted molar refractivity (Wildman–Crippen MR) is 117 cm³/mol. The second-order valence-corrected chi connectivity index (χ2v) is 8.25. The quantitative estimate of drug-likeness (QED) is 0.472. The number of amides is 3. The first-order valence-corrected chi connectivity index (χ1v) is 10.2. The van der Waals surface area contributed by atoms with Crippen molar-refractivity contribution in [3.63, 3.8) is 0 Å². The largest absolute Gasteiger partial charge is 0.366 e. The Hall–Kier alpha value is -3.52. The number of nitrogens with one attached hydrogen (secondary N) is 1. The van der Waals surface area contributed by atoms with Gasteiger partial charge in [-0.3, -0.25) is 10.1 Å². The highest BCUT2D eigenvalue weighted by Crippen LogP contribution is 2.32. The third-order valence-electron chi connectivity index (χ3n) is 5.11. The van der Waals surface area contributed by atoms with Crippen LogP contribution in [-0.2, 0) is 22.6 Å². The number of benzene rings is 1. The molecule has 0 saturated carbocycles. The van der Waals surface area contributed by atoms with Crippen LogP contribution in [0.2, 0.25) is 0 Å². The summed E-state index contributed by atoms with van der Waals surface area (Å²) in [7, 11) is 0. The molecule has 152 valence electrons. The Morgan fingerprint density at radius 1 is 1.37 bits per heavy atom. The van der Waals surface area contributed by atoms with Gasteiger partial charge in [-0.1, -0.05) is 18.2 Å². The van der Waals surface area contributed by atoms with Crippen molar-refractivity contribution in [2.45, 2.75) is 19.9 Å². The highest BCUT2D eigenvalue weighted by molar-refractivity contribution is 7.19. The van der Waals surface area contributed by atoms with E-state index in [-0.39, 0.29) is 19.1 Å². The lowest BCUT2D eigenvalue weighted by Gasteiger charge is -2.27. The van der Waals surface area contributed by atoms with E-state index in [1.54, 1.807) is 23.6 Å². The number of anilines is 1. The van der Waals surface area contributed by atoms with E-state index in [0.717, 1.165) is 16.0 Å². The summed E-state index contributed by atoms with van der Waals surface area (Å²) < 4.78 is 1.18. The van der Waals surface area contributed by atoms with Gasteiger partial charge in [0.15, 0.2) is 0 Å². The van der Waals surface area contributed by atoms with Gasteiger partial charge in [-0.25, -0.2) is 9.78 Å². The van der Waals surface area contributed by atoms with E-state index in [9.17, 15) is 14.4 Å². The molecule has 7 nitrogen and oxygen atoms in total. The zero-order chi connectivity index (χ0) is 21.3. The van der Waals surface area contributed by atoms with Gasteiger partial charge in [0.1, 0.15) is 12.1 Å². The van der Waals surface area contributed by atoms with Gasteiger partial charge in [-0.05, 0) is 41.6 Å². The highest BCUT2D eigenvalue weighted by Gasteiger charge is 2.23. The van der Waals surface area contributed by atoms with E-state index in [1.807, 2.05) is 18.2 Å². The second kappa shape index (κ2) is 8.08. The molecule has 0 atom stereocenters. The molecule has 4 rings (SSSR count). The SMILES string of the molecule is Cc1c(CC(=Cc2cnc3c(c2)CN(CC=O)C(=O)N3)C(N)=O)sc2ccccc12. The highest BCUT2D eigenvalue weighted by atomic mass is 32.1. The van der Waals surface area contributed by atoms with Gasteiger partial charge in [-0.2, -0.15) is 0 Å². The Balaban J connectivity index is 1.65. The molecule has 8 heteroatoms. The van der Waals surface area contributed by atoms with Crippen LogP contribution in [0.25, 0.3) is 16.2 Å². The summed E-state index contributed by atoms with van der Waals surface area (Å²) in [5.74, 6) is -0.0271. The topological polar surface area (TPSA) is 105 Å². The number of nitrogens with two attached hydrogens (primary N) is 1. The zero-order valence-corrected chi connectivity index (χ0v) is 17.2.